The number of hydrogen-bond donors (Lipinski definition) is 1. The van der Waals surface area contributed by atoms with Gasteiger partial charge in [0.05, 0.1) is 0 Å². The van der Waals surface area contributed by atoms with Crippen LogP contribution in [-0.4, -0.2) is 18.5 Å². The number of aryl methyl sites for hydroxylation is 1. The normalized spacial score (nSPS) is 14.7. The summed E-state index contributed by atoms with van der Waals surface area (Å²) in [5.74, 6) is -0.202. The molecule has 0 aromatic heterocycles. The summed E-state index contributed by atoms with van der Waals surface area (Å²) in [5, 5.41) is 2.30. The minimum absolute atomic E-state index is 0.202. The molecule has 1 aliphatic heterocycles. The van der Waals surface area contributed by atoms with Crippen molar-refractivity contribution in [3.05, 3.63) is 29.8 Å². The Balaban J connectivity index is 0.000000771. The fraction of sp³-hybridized carbons (Fsp3) is 0.429. The highest BCUT2D eigenvalue weighted by Gasteiger charge is 2.23. The zero-order valence-corrected chi connectivity index (χ0v) is 11.2. The molecule has 1 N–H and O–H groups in total. The Morgan fingerprint density at radius 2 is 1.78 bits per heavy atom. The van der Waals surface area contributed by atoms with Crippen LogP contribution >= 0.6 is 0 Å². The monoisotopic (exact) mass is 248 g/mol. The number of hydrogen-bond acceptors (Lipinski definition) is 2. The minimum Gasteiger partial charge on any atom is -0.294 e. The van der Waals surface area contributed by atoms with Crippen molar-refractivity contribution in [2.24, 2.45) is 0 Å². The highest BCUT2D eigenvalue weighted by molar-refractivity contribution is 6.05. The molecule has 0 unspecified atom stereocenters. The van der Waals surface area contributed by atoms with E-state index in [1.807, 2.05) is 38.1 Å². The first-order valence-corrected chi connectivity index (χ1v) is 6.41. The fourth-order valence-corrected chi connectivity index (χ4v) is 1.72. The number of imide groups is 1. The molecule has 2 rings (SSSR count). The maximum absolute atomic E-state index is 11.6. The molecule has 1 fully saturated rings. The van der Waals surface area contributed by atoms with Gasteiger partial charge in [0.25, 0.3) is 0 Å². The van der Waals surface area contributed by atoms with Crippen molar-refractivity contribution in [2.75, 3.05) is 11.4 Å². The van der Waals surface area contributed by atoms with Crippen LogP contribution in [0.5, 0.6) is 0 Å². The van der Waals surface area contributed by atoms with E-state index in [0.717, 1.165) is 12.1 Å². The summed E-state index contributed by atoms with van der Waals surface area (Å²) in [6, 6.07) is 7.49. The van der Waals surface area contributed by atoms with E-state index in [1.165, 1.54) is 5.56 Å². The molecule has 3 amide bonds. The number of nitrogens with one attached hydrogen (secondary N) is 1. The van der Waals surface area contributed by atoms with Gasteiger partial charge in [-0.2, -0.15) is 0 Å². The van der Waals surface area contributed by atoms with Crippen LogP contribution in [0.15, 0.2) is 24.3 Å². The van der Waals surface area contributed by atoms with Gasteiger partial charge in [-0.25, -0.2) is 4.79 Å². The van der Waals surface area contributed by atoms with Crippen LogP contribution in [0.4, 0.5) is 10.5 Å². The van der Waals surface area contributed by atoms with Crippen LogP contribution in [0.3, 0.4) is 0 Å². The van der Waals surface area contributed by atoms with Gasteiger partial charge < -0.3 is 0 Å². The van der Waals surface area contributed by atoms with E-state index < -0.39 is 0 Å². The number of amides is 3. The number of carbonyl (C=O) groups excluding carboxylic acids is 2. The van der Waals surface area contributed by atoms with Crippen molar-refractivity contribution in [3.8, 4) is 0 Å². The van der Waals surface area contributed by atoms with Crippen molar-refractivity contribution >= 4 is 17.6 Å². The molecule has 0 radical (unpaired) electrons. The van der Waals surface area contributed by atoms with Crippen LogP contribution in [0.25, 0.3) is 0 Å². The first-order chi connectivity index (χ1) is 8.70. The largest absolute Gasteiger partial charge is 0.328 e. The summed E-state index contributed by atoms with van der Waals surface area (Å²) >= 11 is 0. The minimum atomic E-state index is -0.333. The molecule has 0 saturated carbocycles. The quantitative estimate of drug-likeness (QED) is 0.874. The van der Waals surface area contributed by atoms with Crippen LogP contribution in [0.2, 0.25) is 0 Å². The SMILES string of the molecule is CC.CCc1ccc(N2CCC(=O)NC2=O)cc1. The molecule has 1 saturated heterocycles. The lowest BCUT2D eigenvalue weighted by Crippen LogP contribution is -2.49. The molecule has 98 valence electrons. The summed E-state index contributed by atoms with van der Waals surface area (Å²) in [6.07, 6.45) is 1.34. The molecular formula is C14H20N2O2. The molecule has 0 spiro atoms. The summed E-state index contributed by atoms with van der Waals surface area (Å²) in [7, 11) is 0. The Hall–Kier alpha value is -1.84. The van der Waals surface area contributed by atoms with Crippen LogP contribution in [0.1, 0.15) is 32.8 Å². The second-order valence-corrected chi connectivity index (χ2v) is 3.77. The highest BCUT2D eigenvalue weighted by atomic mass is 16.2. The molecule has 0 aliphatic carbocycles. The molecule has 18 heavy (non-hydrogen) atoms. The van der Waals surface area contributed by atoms with Gasteiger partial charge in [-0.1, -0.05) is 32.9 Å². The Kier molecular flexibility index (Phi) is 5.36. The number of nitrogens with zero attached hydrogens (tertiary/aromatic N) is 1. The number of urea groups is 1. The van der Waals surface area contributed by atoms with Gasteiger partial charge in [0.15, 0.2) is 0 Å². The molecule has 4 heteroatoms. The smallest absolute Gasteiger partial charge is 0.294 e. The van der Waals surface area contributed by atoms with E-state index in [2.05, 4.69) is 12.2 Å². The lowest BCUT2D eigenvalue weighted by molar-refractivity contribution is -0.120. The van der Waals surface area contributed by atoms with E-state index in [9.17, 15) is 9.59 Å². The van der Waals surface area contributed by atoms with E-state index in [1.54, 1.807) is 4.90 Å². The third-order valence-electron chi connectivity index (χ3n) is 2.71. The van der Waals surface area contributed by atoms with E-state index >= 15 is 0 Å². The van der Waals surface area contributed by atoms with E-state index in [0.29, 0.717) is 13.0 Å². The average molecular weight is 248 g/mol. The Morgan fingerprint density at radius 1 is 1.17 bits per heavy atom. The van der Waals surface area contributed by atoms with Gasteiger partial charge >= 0.3 is 6.03 Å². The standard InChI is InChI=1S/C12H14N2O2.C2H6/c1-2-9-3-5-10(6-4-9)14-8-7-11(15)13-12(14)16;1-2/h3-6H,2,7-8H2,1H3,(H,13,15,16);1-2H3. The number of anilines is 1. The fourth-order valence-electron chi connectivity index (χ4n) is 1.72. The molecular weight excluding hydrogens is 228 g/mol. The zero-order chi connectivity index (χ0) is 13.5. The van der Waals surface area contributed by atoms with Gasteiger partial charge in [-0.3, -0.25) is 15.0 Å². The van der Waals surface area contributed by atoms with Gasteiger partial charge in [0.2, 0.25) is 5.91 Å². The summed E-state index contributed by atoms with van der Waals surface area (Å²) in [5.41, 5.74) is 2.07. The van der Waals surface area contributed by atoms with Gasteiger partial charge in [0.1, 0.15) is 0 Å². The Labute approximate surface area is 108 Å². The number of benzene rings is 1. The average Bonchev–Trinajstić information content (AvgIpc) is 2.41. The zero-order valence-electron chi connectivity index (χ0n) is 11.2. The summed E-state index contributed by atoms with van der Waals surface area (Å²) in [4.78, 5) is 24.1. The van der Waals surface area contributed by atoms with Crippen LogP contribution in [0, 0.1) is 0 Å². The maximum Gasteiger partial charge on any atom is 0.328 e. The van der Waals surface area contributed by atoms with Gasteiger partial charge in [-0.15, -0.1) is 0 Å². The van der Waals surface area contributed by atoms with Gasteiger partial charge in [-0.05, 0) is 24.1 Å². The summed E-state index contributed by atoms with van der Waals surface area (Å²) < 4.78 is 0. The summed E-state index contributed by atoms with van der Waals surface area (Å²) in [6.45, 7) is 6.54. The molecule has 1 aromatic carbocycles. The van der Waals surface area contributed by atoms with Crippen LogP contribution < -0.4 is 10.2 Å². The molecule has 4 nitrogen and oxygen atoms in total. The van der Waals surface area contributed by atoms with Crippen molar-refractivity contribution in [3.63, 3.8) is 0 Å². The van der Waals surface area contributed by atoms with Crippen molar-refractivity contribution in [1.29, 1.82) is 0 Å². The first-order valence-electron chi connectivity index (χ1n) is 6.41. The molecule has 1 aromatic rings. The number of carbonyl (C=O) groups is 2. The Bertz CT molecular complexity index is 412. The first kappa shape index (κ1) is 14.2. The topological polar surface area (TPSA) is 49.4 Å². The maximum atomic E-state index is 11.6. The van der Waals surface area contributed by atoms with Crippen molar-refractivity contribution < 1.29 is 9.59 Å². The highest BCUT2D eigenvalue weighted by Crippen LogP contribution is 2.17. The third-order valence-corrected chi connectivity index (χ3v) is 2.71. The second kappa shape index (κ2) is 6.79. The Morgan fingerprint density at radius 3 is 2.28 bits per heavy atom. The van der Waals surface area contributed by atoms with E-state index in [-0.39, 0.29) is 11.9 Å². The lowest BCUT2D eigenvalue weighted by Gasteiger charge is -2.26. The van der Waals surface area contributed by atoms with Crippen LogP contribution in [-0.2, 0) is 11.2 Å². The molecule has 1 aliphatic rings. The van der Waals surface area contributed by atoms with E-state index in [4.69, 9.17) is 0 Å². The predicted octanol–water partition coefficient (Wildman–Crippen LogP) is 2.72. The van der Waals surface area contributed by atoms with Gasteiger partial charge in [0, 0.05) is 18.7 Å². The lowest BCUT2D eigenvalue weighted by atomic mass is 10.1. The number of rotatable bonds is 2. The van der Waals surface area contributed by atoms with Crippen molar-refractivity contribution in [2.45, 2.75) is 33.6 Å². The second-order valence-electron chi connectivity index (χ2n) is 3.77. The predicted molar refractivity (Wildman–Crippen MR) is 72.7 cm³/mol. The molecule has 0 bridgehead atoms. The van der Waals surface area contributed by atoms with Crippen molar-refractivity contribution in [1.82, 2.24) is 5.32 Å². The third kappa shape index (κ3) is 3.32. The molecule has 1 heterocycles. The molecule has 0 atom stereocenters.